The van der Waals surface area contributed by atoms with E-state index in [1.165, 1.54) is 12.8 Å². The van der Waals surface area contributed by atoms with Crippen LogP contribution in [0.25, 0.3) is 0 Å². The van der Waals surface area contributed by atoms with Crippen LogP contribution in [-0.2, 0) is 11.2 Å². The van der Waals surface area contributed by atoms with Crippen molar-refractivity contribution in [2.45, 2.75) is 32.2 Å². The summed E-state index contributed by atoms with van der Waals surface area (Å²) in [6, 6.07) is 11.7. The van der Waals surface area contributed by atoms with Crippen LogP contribution in [0.5, 0.6) is 0 Å². The molecule has 1 fully saturated rings. The van der Waals surface area contributed by atoms with Gasteiger partial charge in [-0.1, -0.05) is 30.7 Å². The van der Waals surface area contributed by atoms with E-state index in [4.69, 9.17) is 16.0 Å². The standard InChI is InChI=1S/C20H25ClN2O2/c1-15(13-16-6-8-17(21)9-7-16)20(24)22-14-18(19-5-4-12-25-19)23-10-2-3-11-23/h4-9,12,15,18H,2-3,10-11,13-14H2,1H3,(H,22,24). The van der Waals surface area contributed by atoms with Gasteiger partial charge in [-0.25, -0.2) is 0 Å². The van der Waals surface area contributed by atoms with Crippen LogP contribution >= 0.6 is 11.6 Å². The number of carbonyl (C=O) groups is 1. The van der Waals surface area contributed by atoms with Gasteiger partial charge in [0, 0.05) is 17.5 Å². The zero-order valence-corrected chi connectivity index (χ0v) is 15.3. The largest absolute Gasteiger partial charge is 0.468 e. The monoisotopic (exact) mass is 360 g/mol. The van der Waals surface area contributed by atoms with Crippen LogP contribution < -0.4 is 5.32 Å². The fourth-order valence-electron chi connectivity index (χ4n) is 3.38. The maximum Gasteiger partial charge on any atom is 0.223 e. The third kappa shape index (κ3) is 4.86. The maximum atomic E-state index is 12.5. The molecular formula is C20H25ClN2O2. The number of nitrogens with one attached hydrogen (secondary N) is 1. The number of amides is 1. The summed E-state index contributed by atoms with van der Waals surface area (Å²) in [4.78, 5) is 14.9. The molecule has 4 nitrogen and oxygen atoms in total. The van der Waals surface area contributed by atoms with Crippen LogP contribution in [0.4, 0.5) is 0 Å². The summed E-state index contributed by atoms with van der Waals surface area (Å²) < 4.78 is 5.60. The lowest BCUT2D eigenvalue weighted by molar-refractivity contribution is -0.124. The first-order chi connectivity index (χ1) is 12.1. The molecule has 0 aliphatic carbocycles. The van der Waals surface area contributed by atoms with Gasteiger partial charge in [-0.05, 0) is 62.2 Å². The van der Waals surface area contributed by atoms with Crippen LogP contribution in [0.15, 0.2) is 47.1 Å². The van der Waals surface area contributed by atoms with Crippen LogP contribution in [0.3, 0.4) is 0 Å². The summed E-state index contributed by atoms with van der Waals surface area (Å²) in [5.74, 6) is 0.912. The predicted octanol–water partition coefficient (Wildman–Crippen LogP) is 4.06. The topological polar surface area (TPSA) is 45.5 Å². The van der Waals surface area contributed by atoms with E-state index in [1.807, 2.05) is 43.3 Å². The molecule has 5 heteroatoms. The minimum Gasteiger partial charge on any atom is -0.468 e. The normalized spacial score (nSPS) is 17.4. The molecule has 1 aliphatic rings. The molecular weight excluding hydrogens is 336 g/mol. The molecule has 0 bridgehead atoms. The van der Waals surface area contributed by atoms with Gasteiger partial charge in [-0.2, -0.15) is 0 Å². The van der Waals surface area contributed by atoms with Gasteiger partial charge < -0.3 is 9.73 Å². The molecule has 2 atom stereocenters. The Labute approximate surface area is 154 Å². The Morgan fingerprint density at radius 3 is 2.60 bits per heavy atom. The molecule has 0 radical (unpaired) electrons. The van der Waals surface area contributed by atoms with E-state index in [2.05, 4.69) is 10.2 Å². The Balaban J connectivity index is 1.56. The number of nitrogens with zero attached hydrogens (tertiary/aromatic N) is 1. The number of rotatable bonds is 7. The third-order valence-corrected chi connectivity index (χ3v) is 5.08. The van der Waals surface area contributed by atoms with E-state index < -0.39 is 0 Å². The molecule has 1 saturated heterocycles. The van der Waals surface area contributed by atoms with Gasteiger partial charge in [-0.15, -0.1) is 0 Å². The van der Waals surface area contributed by atoms with Crippen molar-refractivity contribution >= 4 is 17.5 Å². The van der Waals surface area contributed by atoms with Gasteiger partial charge in [0.15, 0.2) is 0 Å². The molecule has 1 N–H and O–H groups in total. The van der Waals surface area contributed by atoms with Crippen molar-refractivity contribution < 1.29 is 9.21 Å². The van der Waals surface area contributed by atoms with Gasteiger partial charge in [0.25, 0.3) is 0 Å². The van der Waals surface area contributed by atoms with Crippen LogP contribution in [0, 0.1) is 5.92 Å². The highest BCUT2D eigenvalue weighted by molar-refractivity contribution is 6.30. The number of benzene rings is 1. The summed E-state index contributed by atoms with van der Waals surface area (Å²) in [7, 11) is 0. The Morgan fingerprint density at radius 2 is 1.96 bits per heavy atom. The van der Waals surface area contributed by atoms with Crippen molar-refractivity contribution in [1.82, 2.24) is 10.2 Å². The molecule has 25 heavy (non-hydrogen) atoms. The van der Waals surface area contributed by atoms with E-state index in [9.17, 15) is 4.79 Å². The maximum absolute atomic E-state index is 12.5. The summed E-state index contributed by atoms with van der Waals surface area (Å²) in [6.45, 7) is 4.65. The van der Waals surface area contributed by atoms with E-state index in [1.54, 1.807) is 6.26 Å². The minimum atomic E-state index is -0.0861. The molecule has 2 heterocycles. The zero-order valence-electron chi connectivity index (χ0n) is 14.6. The number of likely N-dealkylation sites (tertiary alicyclic amines) is 1. The Morgan fingerprint density at radius 1 is 1.24 bits per heavy atom. The zero-order chi connectivity index (χ0) is 17.6. The second kappa shape index (κ2) is 8.54. The molecule has 1 amide bonds. The average molecular weight is 361 g/mol. The third-order valence-electron chi connectivity index (χ3n) is 4.83. The fourth-order valence-corrected chi connectivity index (χ4v) is 3.51. The van der Waals surface area contributed by atoms with Crippen molar-refractivity contribution in [1.29, 1.82) is 0 Å². The van der Waals surface area contributed by atoms with E-state index in [0.29, 0.717) is 18.0 Å². The second-order valence-corrected chi connectivity index (χ2v) is 7.19. The van der Waals surface area contributed by atoms with E-state index >= 15 is 0 Å². The van der Waals surface area contributed by atoms with Gasteiger partial charge in [0.2, 0.25) is 5.91 Å². The summed E-state index contributed by atoms with van der Waals surface area (Å²) in [6.07, 6.45) is 4.82. The quantitative estimate of drug-likeness (QED) is 0.809. The van der Waals surface area contributed by atoms with E-state index in [-0.39, 0.29) is 17.9 Å². The van der Waals surface area contributed by atoms with E-state index in [0.717, 1.165) is 24.4 Å². The number of halogens is 1. The Kier molecular flexibility index (Phi) is 6.16. The van der Waals surface area contributed by atoms with Crippen LogP contribution in [0.2, 0.25) is 5.02 Å². The van der Waals surface area contributed by atoms with Gasteiger partial charge in [-0.3, -0.25) is 9.69 Å². The Hall–Kier alpha value is -1.78. The highest BCUT2D eigenvalue weighted by Gasteiger charge is 2.26. The molecule has 1 aliphatic heterocycles. The predicted molar refractivity (Wildman–Crippen MR) is 99.6 cm³/mol. The number of hydrogen-bond donors (Lipinski definition) is 1. The van der Waals surface area contributed by atoms with Crippen molar-refractivity contribution in [3.05, 3.63) is 59.0 Å². The van der Waals surface area contributed by atoms with Gasteiger partial charge in [0.1, 0.15) is 5.76 Å². The smallest absolute Gasteiger partial charge is 0.223 e. The number of carbonyl (C=O) groups excluding carboxylic acids is 1. The minimum absolute atomic E-state index is 0.0747. The highest BCUT2D eigenvalue weighted by Crippen LogP contribution is 2.25. The molecule has 0 spiro atoms. The second-order valence-electron chi connectivity index (χ2n) is 6.75. The highest BCUT2D eigenvalue weighted by atomic mass is 35.5. The molecule has 2 unspecified atom stereocenters. The number of furan rings is 1. The molecule has 0 saturated carbocycles. The lowest BCUT2D eigenvalue weighted by Crippen LogP contribution is -2.39. The molecule has 3 rings (SSSR count). The first kappa shape index (κ1) is 18.0. The first-order valence-electron chi connectivity index (χ1n) is 8.93. The summed E-state index contributed by atoms with van der Waals surface area (Å²) in [5, 5.41) is 3.83. The lowest BCUT2D eigenvalue weighted by atomic mass is 10.0. The van der Waals surface area contributed by atoms with Crippen molar-refractivity contribution in [3.8, 4) is 0 Å². The lowest BCUT2D eigenvalue weighted by Gasteiger charge is -2.26. The number of hydrogen-bond acceptors (Lipinski definition) is 3. The van der Waals surface area contributed by atoms with Crippen molar-refractivity contribution in [2.24, 2.45) is 5.92 Å². The summed E-state index contributed by atoms with van der Waals surface area (Å²) >= 11 is 5.91. The first-order valence-corrected chi connectivity index (χ1v) is 9.31. The van der Waals surface area contributed by atoms with Crippen LogP contribution in [0.1, 0.15) is 37.1 Å². The van der Waals surface area contributed by atoms with Crippen LogP contribution in [-0.4, -0.2) is 30.4 Å². The van der Waals surface area contributed by atoms with Gasteiger partial charge in [0.05, 0.1) is 12.3 Å². The molecule has 2 aromatic rings. The van der Waals surface area contributed by atoms with Crippen molar-refractivity contribution in [3.63, 3.8) is 0 Å². The Bertz CT molecular complexity index is 664. The van der Waals surface area contributed by atoms with Crippen molar-refractivity contribution in [2.75, 3.05) is 19.6 Å². The SMILES string of the molecule is CC(Cc1ccc(Cl)cc1)C(=O)NCC(c1ccco1)N1CCCC1. The molecule has 1 aromatic carbocycles. The summed E-state index contributed by atoms with van der Waals surface area (Å²) in [5.41, 5.74) is 1.12. The molecule has 1 aromatic heterocycles. The average Bonchev–Trinajstić information content (AvgIpc) is 3.31. The molecule has 134 valence electrons. The fraction of sp³-hybridized carbons (Fsp3) is 0.450. The van der Waals surface area contributed by atoms with Gasteiger partial charge >= 0.3 is 0 Å².